The number of benzene rings is 2. The van der Waals surface area contributed by atoms with Crippen LogP contribution in [-0.4, -0.2) is 67.3 Å². The molecule has 218 valence electrons. The highest BCUT2D eigenvalue weighted by Crippen LogP contribution is 2.34. The van der Waals surface area contributed by atoms with Gasteiger partial charge in [-0.15, -0.1) is 5.10 Å². The Morgan fingerprint density at radius 1 is 1.10 bits per heavy atom. The van der Waals surface area contributed by atoms with Gasteiger partial charge in [0.05, 0.1) is 25.0 Å². The predicted octanol–water partition coefficient (Wildman–Crippen LogP) is 4.91. The van der Waals surface area contributed by atoms with E-state index in [1.54, 1.807) is 21.2 Å². The van der Waals surface area contributed by atoms with Crippen LogP contribution in [0.25, 0.3) is 11.2 Å². The zero-order valence-electron chi connectivity index (χ0n) is 24.5. The molecule has 2 aromatic carbocycles. The number of nitrogens with zero attached hydrogens (tertiary/aromatic N) is 7. The Hall–Kier alpha value is -5.00. The average molecular weight is 570 g/mol. The summed E-state index contributed by atoms with van der Waals surface area (Å²) in [4.78, 5) is 23.6. The minimum atomic E-state index is -0.548. The van der Waals surface area contributed by atoms with E-state index in [1.807, 2.05) is 61.5 Å². The number of aromatic nitrogens is 7. The summed E-state index contributed by atoms with van der Waals surface area (Å²) in [5.74, 6) is 2.57. The molecule has 5 rings (SSSR count). The van der Waals surface area contributed by atoms with Crippen molar-refractivity contribution in [2.24, 2.45) is 0 Å². The number of imidazole rings is 1. The number of anilines is 1. The number of carbonyl (C=O) groups excluding carboxylic acids is 1. The lowest BCUT2D eigenvalue weighted by Crippen LogP contribution is -2.27. The molecule has 3 aromatic heterocycles. The molecule has 42 heavy (non-hydrogen) atoms. The first-order valence-corrected chi connectivity index (χ1v) is 13.8. The molecule has 12 heteroatoms. The number of H-pyrrole nitrogens is 1. The van der Waals surface area contributed by atoms with E-state index in [0.29, 0.717) is 29.6 Å². The van der Waals surface area contributed by atoms with Gasteiger partial charge in [-0.1, -0.05) is 49.7 Å². The standard InChI is InChI=1S/C30H35N9O3/c1-6-7-13-26-32-23-17-22(33-30(40)38(3)4)19(2)31-29(23)39(26)18-20-14-15-24(25(16-20)41-5)42-27(28-34-36-37-35-28)21-11-9-8-10-12-21/h8-12,14-17,27H,6-7,13,18H2,1-5H3,(H,33,40)(H,34,35,36,37). The van der Waals surface area contributed by atoms with Crippen molar-refractivity contribution in [1.82, 2.24) is 40.1 Å². The fraction of sp³-hybridized carbons (Fsp3) is 0.333. The lowest BCUT2D eigenvalue weighted by Gasteiger charge is -2.19. The third-order valence-electron chi connectivity index (χ3n) is 6.92. The first-order valence-electron chi connectivity index (χ1n) is 13.8. The molecular formula is C30H35N9O3. The van der Waals surface area contributed by atoms with E-state index < -0.39 is 6.10 Å². The summed E-state index contributed by atoms with van der Waals surface area (Å²) in [6, 6.07) is 17.3. The van der Waals surface area contributed by atoms with Crippen molar-refractivity contribution in [2.45, 2.75) is 45.8 Å². The van der Waals surface area contributed by atoms with Gasteiger partial charge in [0.15, 0.2) is 29.1 Å². The number of amides is 2. The number of nitrogens with one attached hydrogen (secondary N) is 2. The van der Waals surface area contributed by atoms with Crippen LogP contribution >= 0.6 is 0 Å². The molecule has 3 heterocycles. The molecule has 0 bridgehead atoms. The fourth-order valence-electron chi connectivity index (χ4n) is 4.63. The number of unbranched alkanes of at least 4 members (excludes halogenated alkanes) is 1. The lowest BCUT2D eigenvalue weighted by atomic mass is 10.1. The Bertz CT molecular complexity index is 1650. The molecule has 1 unspecified atom stereocenters. The number of methoxy groups -OCH3 is 1. The maximum Gasteiger partial charge on any atom is 0.321 e. The second kappa shape index (κ2) is 12.7. The smallest absolute Gasteiger partial charge is 0.321 e. The Morgan fingerprint density at radius 2 is 1.90 bits per heavy atom. The van der Waals surface area contributed by atoms with Crippen molar-refractivity contribution >= 4 is 22.9 Å². The van der Waals surface area contributed by atoms with Gasteiger partial charge in [-0.2, -0.15) is 0 Å². The normalized spacial score (nSPS) is 11.8. The van der Waals surface area contributed by atoms with Crippen LogP contribution in [0.15, 0.2) is 54.6 Å². The van der Waals surface area contributed by atoms with Gasteiger partial charge in [-0.05, 0) is 47.5 Å². The van der Waals surface area contributed by atoms with Crippen molar-refractivity contribution in [1.29, 1.82) is 0 Å². The van der Waals surface area contributed by atoms with Gasteiger partial charge in [0.25, 0.3) is 0 Å². The van der Waals surface area contributed by atoms with Crippen molar-refractivity contribution in [3.05, 3.63) is 83.1 Å². The van der Waals surface area contributed by atoms with Crippen LogP contribution in [0.1, 0.15) is 54.3 Å². The van der Waals surface area contributed by atoms with Gasteiger partial charge in [0, 0.05) is 26.1 Å². The number of aromatic amines is 1. The molecule has 0 saturated carbocycles. The molecule has 2 amide bonds. The van der Waals surface area contributed by atoms with E-state index in [0.717, 1.165) is 53.1 Å². The highest BCUT2D eigenvalue weighted by molar-refractivity contribution is 5.91. The molecule has 0 fully saturated rings. The number of hydrogen-bond donors (Lipinski definition) is 2. The summed E-state index contributed by atoms with van der Waals surface area (Å²) in [6.45, 7) is 4.58. The van der Waals surface area contributed by atoms with Gasteiger partial charge < -0.3 is 24.3 Å². The fourth-order valence-corrected chi connectivity index (χ4v) is 4.63. The highest BCUT2D eigenvalue weighted by atomic mass is 16.5. The van der Waals surface area contributed by atoms with Crippen molar-refractivity contribution in [3.63, 3.8) is 0 Å². The van der Waals surface area contributed by atoms with Crippen LogP contribution in [-0.2, 0) is 13.0 Å². The van der Waals surface area contributed by atoms with Crippen LogP contribution in [0.4, 0.5) is 10.5 Å². The number of tetrazole rings is 1. The Kier molecular flexibility index (Phi) is 8.60. The number of aryl methyl sites for hydroxylation is 2. The zero-order valence-corrected chi connectivity index (χ0v) is 24.5. The molecule has 0 radical (unpaired) electrons. The summed E-state index contributed by atoms with van der Waals surface area (Å²) in [5, 5.41) is 17.3. The molecule has 0 aliphatic rings. The van der Waals surface area contributed by atoms with Crippen molar-refractivity contribution in [3.8, 4) is 11.5 Å². The quantitative estimate of drug-likeness (QED) is 0.229. The number of hydrogen-bond acceptors (Lipinski definition) is 8. The predicted molar refractivity (Wildman–Crippen MR) is 159 cm³/mol. The maximum atomic E-state index is 12.3. The number of carbonyl (C=O) groups is 1. The third kappa shape index (κ3) is 6.17. The van der Waals surface area contributed by atoms with Gasteiger partial charge in [0.2, 0.25) is 0 Å². The number of urea groups is 1. The third-order valence-corrected chi connectivity index (χ3v) is 6.92. The second-order valence-corrected chi connectivity index (χ2v) is 10.2. The lowest BCUT2D eigenvalue weighted by molar-refractivity contribution is 0.225. The molecule has 5 aromatic rings. The van der Waals surface area contributed by atoms with Gasteiger partial charge >= 0.3 is 6.03 Å². The number of pyridine rings is 1. The van der Waals surface area contributed by atoms with E-state index in [-0.39, 0.29) is 6.03 Å². The van der Waals surface area contributed by atoms with Crippen LogP contribution in [0.5, 0.6) is 11.5 Å². The van der Waals surface area contributed by atoms with Crippen LogP contribution in [0, 0.1) is 6.92 Å². The Labute approximate surface area is 244 Å². The van der Waals surface area contributed by atoms with Crippen LogP contribution in [0.2, 0.25) is 0 Å². The van der Waals surface area contributed by atoms with Crippen LogP contribution < -0.4 is 14.8 Å². The van der Waals surface area contributed by atoms with E-state index in [9.17, 15) is 4.79 Å². The monoisotopic (exact) mass is 569 g/mol. The summed E-state index contributed by atoms with van der Waals surface area (Å²) < 4.78 is 14.3. The minimum absolute atomic E-state index is 0.214. The van der Waals surface area contributed by atoms with Crippen molar-refractivity contribution < 1.29 is 14.3 Å². The molecule has 12 nitrogen and oxygen atoms in total. The average Bonchev–Trinajstić information content (AvgIpc) is 3.64. The molecule has 0 saturated heterocycles. The first kappa shape index (κ1) is 28.5. The summed E-state index contributed by atoms with van der Waals surface area (Å²) in [6.07, 6.45) is 2.31. The SMILES string of the molecule is CCCCc1nc2cc(NC(=O)N(C)C)c(C)nc2n1Cc1ccc(OC(c2ccccc2)c2nnn[nH]2)c(OC)c1. The van der Waals surface area contributed by atoms with Gasteiger partial charge in [-0.3, -0.25) is 0 Å². The van der Waals surface area contributed by atoms with Crippen LogP contribution in [0.3, 0.4) is 0 Å². The molecule has 0 spiro atoms. The summed E-state index contributed by atoms with van der Waals surface area (Å²) in [7, 11) is 5.02. The molecule has 1 atom stereocenters. The number of ether oxygens (including phenoxy) is 2. The molecule has 0 aliphatic carbocycles. The van der Waals surface area contributed by atoms with Gasteiger partial charge in [0.1, 0.15) is 11.3 Å². The molecule has 0 aliphatic heterocycles. The van der Waals surface area contributed by atoms with E-state index in [4.69, 9.17) is 19.4 Å². The molecule has 2 N–H and O–H groups in total. The topological polar surface area (TPSA) is 136 Å². The Balaban J connectivity index is 1.47. The van der Waals surface area contributed by atoms with Gasteiger partial charge in [-0.25, -0.2) is 19.9 Å². The number of fused-ring (bicyclic) bond motifs is 1. The summed E-state index contributed by atoms with van der Waals surface area (Å²) in [5.41, 5.74) is 4.76. The number of rotatable bonds is 11. The van der Waals surface area contributed by atoms with Crippen molar-refractivity contribution in [2.75, 3.05) is 26.5 Å². The highest BCUT2D eigenvalue weighted by Gasteiger charge is 2.22. The van der Waals surface area contributed by atoms with E-state index in [1.165, 1.54) is 4.90 Å². The zero-order chi connectivity index (χ0) is 29.6. The second-order valence-electron chi connectivity index (χ2n) is 10.2. The van der Waals surface area contributed by atoms with E-state index >= 15 is 0 Å². The Morgan fingerprint density at radius 3 is 2.60 bits per heavy atom. The molecular weight excluding hydrogens is 534 g/mol. The minimum Gasteiger partial charge on any atom is -0.493 e. The summed E-state index contributed by atoms with van der Waals surface area (Å²) >= 11 is 0. The largest absolute Gasteiger partial charge is 0.493 e. The first-order chi connectivity index (χ1) is 20.4. The maximum absolute atomic E-state index is 12.3. The van der Waals surface area contributed by atoms with E-state index in [2.05, 4.69) is 37.4 Å².